The zero-order valence-electron chi connectivity index (χ0n) is 37.0. The lowest BCUT2D eigenvalue weighted by molar-refractivity contribution is 0.668. The van der Waals surface area contributed by atoms with Crippen molar-refractivity contribution in [3.63, 3.8) is 0 Å². The molecular weight excluding hydrogens is 845 g/mol. The van der Waals surface area contributed by atoms with E-state index in [4.69, 9.17) is 23.8 Å². The first-order valence-corrected chi connectivity index (χ1v) is 23.2. The summed E-state index contributed by atoms with van der Waals surface area (Å²) in [5, 5.41) is 6.54. The monoisotopic (exact) mass is 882 g/mol. The molecule has 4 heterocycles. The van der Waals surface area contributed by atoms with Gasteiger partial charge in [0.1, 0.15) is 22.3 Å². The van der Waals surface area contributed by atoms with Crippen molar-refractivity contribution in [3.05, 3.63) is 231 Å². The number of hydrogen-bond acceptors (Lipinski definition) is 5. The molecular formula is C63H38N4O2. The zero-order chi connectivity index (χ0) is 45.4. The Balaban J connectivity index is 0.864. The molecule has 322 valence electrons. The quantitative estimate of drug-likeness (QED) is 0.159. The molecule has 0 bridgehead atoms. The Morgan fingerprint density at radius 3 is 1.45 bits per heavy atom. The summed E-state index contributed by atoms with van der Waals surface area (Å²) in [7, 11) is 0. The van der Waals surface area contributed by atoms with Crippen molar-refractivity contribution in [3.8, 4) is 73.2 Å². The first-order valence-electron chi connectivity index (χ1n) is 23.2. The predicted octanol–water partition coefficient (Wildman–Crippen LogP) is 16.8. The van der Waals surface area contributed by atoms with Crippen molar-refractivity contribution in [1.82, 2.24) is 19.5 Å². The van der Waals surface area contributed by atoms with Crippen LogP contribution in [-0.2, 0) is 0 Å². The largest absolute Gasteiger partial charge is 0.455 e. The fourth-order valence-corrected chi connectivity index (χ4v) is 10.1. The molecule has 0 saturated heterocycles. The van der Waals surface area contributed by atoms with Gasteiger partial charge in [-0.05, 0) is 82.4 Å². The summed E-state index contributed by atoms with van der Waals surface area (Å²) in [6.07, 6.45) is 0. The first kappa shape index (κ1) is 38.8. The summed E-state index contributed by atoms with van der Waals surface area (Å²) in [5.74, 6) is 1.73. The van der Waals surface area contributed by atoms with Gasteiger partial charge >= 0.3 is 0 Å². The van der Waals surface area contributed by atoms with Crippen molar-refractivity contribution >= 4 is 65.7 Å². The number of nitrogens with zero attached hydrogens (tertiary/aromatic N) is 4. The van der Waals surface area contributed by atoms with Gasteiger partial charge in [0, 0.05) is 54.7 Å². The molecule has 4 aromatic heterocycles. The minimum Gasteiger partial charge on any atom is -0.455 e. The summed E-state index contributed by atoms with van der Waals surface area (Å²) in [4.78, 5) is 15.2. The van der Waals surface area contributed by atoms with Crippen LogP contribution in [0.3, 0.4) is 0 Å². The standard InChI is InChI=1S/C63H38N4O2/c1-4-14-39(15-5-1)41-26-28-43(29-27-41)62-64-61(42-18-8-3-9-19-42)65-63(66-62)51-24-13-23-49-53-37-45(31-34-57(53)69-60(49)51)47-21-12-22-50-54-38-46(32-35-58(54)68-59(47)50)67-55-25-11-10-20-48(55)52-36-44(30-33-56(52)67)40-16-6-2-7-17-40/h1-38H. The highest BCUT2D eigenvalue weighted by atomic mass is 16.3. The van der Waals surface area contributed by atoms with Crippen LogP contribution in [0, 0.1) is 0 Å². The molecule has 6 nitrogen and oxygen atoms in total. The van der Waals surface area contributed by atoms with Crippen molar-refractivity contribution < 1.29 is 8.83 Å². The average molecular weight is 883 g/mol. The van der Waals surface area contributed by atoms with Crippen LogP contribution >= 0.6 is 0 Å². The number of furan rings is 2. The van der Waals surface area contributed by atoms with Crippen LogP contribution in [-0.4, -0.2) is 19.5 Å². The van der Waals surface area contributed by atoms with Crippen molar-refractivity contribution in [1.29, 1.82) is 0 Å². The smallest absolute Gasteiger partial charge is 0.167 e. The van der Waals surface area contributed by atoms with Crippen molar-refractivity contribution in [2.75, 3.05) is 0 Å². The Labute approximate surface area is 396 Å². The number of aromatic nitrogens is 4. The molecule has 0 atom stereocenters. The predicted molar refractivity (Wildman–Crippen MR) is 281 cm³/mol. The molecule has 14 rings (SSSR count). The number of benzene rings is 10. The van der Waals surface area contributed by atoms with E-state index in [2.05, 4.69) is 193 Å². The fourth-order valence-electron chi connectivity index (χ4n) is 10.1. The maximum absolute atomic E-state index is 6.78. The Morgan fingerprint density at radius 2 is 0.739 bits per heavy atom. The summed E-state index contributed by atoms with van der Waals surface area (Å²) < 4.78 is 15.9. The van der Waals surface area contributed by atoms with Gasteiger partial charge in [0.25, 0.3) is 0 Å². The van der Waals surface area contributed by atoms with Crippen LogP contribution in [0.5, 0.6) is 0 Å². The van der Waals surface area contributed by atoms with Gasteiger partial charge in [-0.15, -0.1) is 0 Å². The Bertz CT molecular complexity index is 4290. The van der Waals surface area contributed by atoms with Gasteiger partial charge in [-0.3, -0.25) is 0 Å². The molecule has 69 heavy (non-hydrogen) atoms. The molecule has 10 aromatic carbocycles. The van der Waals surface area contributed by atoms with E-state index in [9.17, 15) is 0 Å². The highest BCUT2D eigenvalue weighted by Gasteiger charge is 2.21. The average Bonchev–Trinajstić information content (AvgIpc) is 4.10. The fraction of sp³-hybridized carbons (Fsp3) is 0. The second-order valence-corrected chi connectivity index (χ2v) is 17.5. The van der Waals surface area contributed by atoms with E-state index in [1.165, 1.54) is 21.9 Å². The highest BCUT2D eigenvalue weighted by molar-refractivity contribution is 6.14. The molecule has 0 N–H and O–H groups in total. The van der Waals surface area contributed by atoms with E-state index in [0.29, 0.717) is 17.5 Å². The highest BCUT2D eigenvalue weighted by Crippen LogP contribution is 2.42. The summed E-state index contributed by atoms with van der Waals surface area (Å²) in [6.45, 7) is 0. The van der Waals surface area contributed by atoms with Gasteiger partial charge in [0.15, 0.2) is 17.5 Å². The van der Waals surface area contributed by atoms with E-state index < -0.39 is 0 Å². The molecule has 0 aliphatic heterocycles. The van der Waals surface area contributed by atoms with E-state index >= 15 is 0 Å². The molecule has 0 fully saturated rings. The molecule has 6 heteroatoms. The van der Waals surface area contributed by atoms with Crippen LogP contribution in [0.25, 0.3) is 139 Å². The van der Waals surface area contributed by atoms with Gasteiger partial charge < -0.3 is 13.4 Å². The summed E-state index contributed by atoms with van der Waals surface area (Å²) >= 11 is 0. The zero-order valence-corrected chi connectivity index (χ0v) is 37.0. The van der Waals surface area contributed by atoms with Crippen molar-refractivity contribution in [2.45, 2.75) is 0 Å². The lowest BCUT2D eigenvalue weighted by Crippen LogP contribution is -2.00. The first-order chi connectivity index (χ1) is 34.2. The van der Waals surface area contributed by atoms with E-state index in [-0.39, 0.29) is 0 Å². The van der Waals surface area contributed by atoms with Crippen LogP contribution in [0.1, 0.15) is 0 Å². The molecule has 0 aliphatic carbocycles. The second-order valence-electron chi connectivity index (χ2n) is 17.5. The van der Waals surface area contributed by atoms with E-state index in [0.717, 1.165) is 99.5 Å². The second kappa shape index (κ2) is 15.6. The lowest BCUT2D eigenvalue weighted by atomic mass is 10.00. The van der Waals surface area contributed by atoms with Crippen LogP contribution in [0.15, 0.2) is 239 Å². The third-order valence-electron chi connectivity index (χ3n) is 13.5. The van der Waals surface area contributed by atoms with Gasteiger partial charge in [0.05, 0.1) is 16.6 Å². The number of fused-ring (bicyclic) bond motifs is 9. The van der Waals surface area contributed by atoms with E-state index in [1.807, 2.05) is 42.5 Å². The number of para-hydroxylation sites is 3. The molecule has 0 aliphatic rings. The SMILES string of the molecule is c1ccc(-c2ccc(-c3nc(-c4ccccc4)nc(-c4cccc5c4oc4ccc(-c6cccc7c6oc6ccc(-n8c9ccccc9c9cc(-c%10ccccc%10)ccc98)cc67)cc45)n3)cc2)cc1. The molecule has 0 unspecified atom stereocenters. The third kappa shape index (κ3) is 6.45. The Hall–Kier alpha value is -9.39. The Morgan fingerprint density at radius 1 is 0.275 bits per heavy atom. The summed E-state index contributed by atoms with van der Waals surface area (Å²) in [5.41, 5.74) is 15.9. The number of hydrogen-bond donors (Lipinski definition) is 0. The van der Waals surface area contributed by atoms with Crippen LogP contribution < -0.4 is 0 Å². The normalized spacial score (nSPS) is 11.8. The van der Waals surface area contributed by atoms with Gasteiger partial charge in [-0.2, -0.15) is 0 Å². The van der Waals surface area contributed by atoms with E-state index in [1.54, 1.807) is 0 Å². The molecule has 14 aromatic rings. The topological polar surface area (TPSA) is 69.9 Å². The lowest BCUT2D eigenvalue weighted by Gasteiger charge is -2.09. The van der Waals surface area contributed by atoms with Crippen LogP contribution in [0.2, 0.25) is 0 Å². The van der Waals surface area contributed by atoms with Crippen molar-refractivity contribution in [2.24, 2.45) is 0 Å². The number of rotatable bonds is 7. The maximum Gasteiger partial charge on any atom is 0.167 e. The molecule has 0 amide bonds. The molecule has 0 spiro atoms. The third-order valence-corrected chi connectivity index (χ3v) is 13.5. The minimum atomic E-state index is 0.542. The summed E-state index contributed by atoms with van der Waals surface area (Å²) in [6, 6.07) is 80.4. The van der Waals surface area contributed by atoms with Gasteiger partial charge in [0.2, 0.25) is 0 Å². The molecule has 0 saturated carbocycles. The van der Waals surface area contributed by atoms with Crippen LogP contribution in [0.4, 0.5) is 0 Å². The molecule has 0 radical (unpaired) electrons. The minimum absolute atomic E-state index is 0.542. The Kier molecular flexibility index (Phi) is 8.79. The van der Waals surface area contributed by atoms with Gasteiger partial charge in [-0.1, -0.05) is 176 Å². The maximum atomic E-state index is 6.78. The van der Waals surface area contributed by atoms with Gasteiger partial charge in [-0.25, -0.2) is 15.0 Å².